The quantitative estimate of drug-likeness (QED) is 0.868. The fourth-order valence-electron chi connectivity index (χ4n) is 4.80. The molecule has 2 N–H and O–H groups in total. The fourth-order valence-corrected chi connectivity index (χ4v) is 4.80. The van der Waals surface area contributed by atoms with E-state index in [-0.39, 0.29) is 0 Å². The molecule has 21 heavy (non-hydrogen) atoms. The van der Waals surface area contributed by atoms with E-state index in [9.17, 15) is 0 Å². The van der Waals surface area contributed by atoms with Crippen LogP contribution in [0.2, 0.25) is 0 Å². The molecule has 3 rings (SSSR count). The predicted octanol–water partition coefficient (Wildman–Crippen LogP) is 2.84. The summed E-state index contributed by atoms with van der Waals surface area (Å²) in [6.07, 6.45) is 10.9. The second kappa shape index (κ2) is 6.17. The Hall–Kier alpha value is -0.120. The molecule has 1 aliphatic carbocycles. The maximum atomic E-state index is 6.28. The number of likely N-dealkylation sites (tertiary alicyclic amines) is 2. The van der Waals surface area contributed by atoms with E-state index >= 15 is 0 Å². The average Bonchev–Trinajstić information content (AvgIpc) is 2.99. The van der Waals surface area contributed by atoms with Crippen LogP contribution in [-0.2, 0) is 0 Å². The van der Waals surface area contributed by atoms with E-state index in [2.05, 4.69) is 23.6 Å². The second-order valence-corrected chi connectivity index (χ2v) is 8.58. The van der Waals surface area contributed by atoms with Crippen LogP contribution in [0.25, 0.3) is 0 Å². The Bertz CT molecular complexity index is 336. The molecule has 0 aromatic carbocycles. The van der Waals surface area contributed by atoms with Gasteiger partial charge in [0.2, 0.25) is 0 Å². The average molecular weight is 293 g/mol. The molecule has 3 aliphatic rings. The lowest BCUT2D eigenvalue weighted by atomic mass is 9.69. The topological polar surface area (TPSA) is 32.5 Å². The number of piperidine rings is 1. The lowest BCUT2D eigenvalue weighted by molar-refractivity contribution is 0.0328. The molecule has 3 nitrogen and oxygen atoms in total. The second-order valence-electron chi connectivity index (χ2n) is 8.58. The molecule has 3 heteroatoms. The first-order valence-electron chi connectivity index (χ1n) is 9.24. The zero-order valence-electron chi connectivity index (χ0n) is 14.2. The van der Waals surface area contributed by atoms with Crippen molar-refractivity contribution < 1.29 is 0 Å². The summed E-state index contributed by atoms with van der Waals surface area (Å²) in [4.78, 5) is 5.54. The Morgan fingerprint density at radius 1 is 0.952 bits per heavy atom. The van der Waals surface area contributed by atoms with Crippen molar-refractivity contribution in [3.8, 4) is 0 Å². The standard InChI is InChI=1S/C18H35N3/c1-17(2)7-9-18(15-19,10-8-17)21-13-6-16(14-21)20-11-4-3-5-12-20/h16H,3-15,19H2,1-2H3. The van der Waals surface area contributed by atoms with E-state index in [1.165, 1.54) is 77.5 Å². The van der Waals surface area contributed by atoms with Gasteiger partial charge in [-0.3, -0.25) is 9.80 Å². The monoisotopic (exact) mass is 293 g/mol. The van der Waals surface area contributed by atoms with Gasteiger partial charge in [0, 0.05) is 31.2 Å². The number of nitrogens with zero attached hydrogens (tertiary/aromatic N) is 2. The van der Waals surface area contributed by atoms with Crippen LogP contribution in [0.4, 0.5) is 0 Å². The van der Waals surface area contributed by atoms with Gasteiger partial charge in [-0.15, -0.1) is 0 Å². The van der Waals surface area contributed by atoms with Crippen LogP contribution in [-0.4, -0.2) is 54.1 Å². The van der Waals surface area contributed by atoms with Crippen molar-refractivity contribution in [2.24, 2.45) is 11.1 Å². The Balaban J connectivity index is 1.61. The summed E-state index contributed by atoms with van der Waals surface area (Å²) in [6.45, 7) is 10.9. The zero-order chi connectivity index (χ0) is 14.9. The predicted molar refractivity (Wildman–Crippen MR) is 89.4 cm³/mol. The third kappa shape index (κ3) is 3.30. The maximum Gasteiger partial charge on any atom is 0.0332 e. The summed E-state index contributed by atoms with van der Waals surface area (Å²) in [7, 11) is 0. The summed E-state index contributed by atoms with van der Waals surface area (Å²) in [5, 5.41) is 0. The molecule has 2 aliphatic heterocycles. The molecule has 1 saturated carbocycles. The molecular formula is C18H35N3. The lowest BCUT2D eigenvalue weighted by Gasteiger charge is -2.48. The van der Waals surface area contributed by atoms with Gasteiger partial charge in [0.05, 0.1) is 0 Å². The van der Waals surface area contributed by atoms with Gasteiger partial charge in [-0.05, 0) is 63.5 Å². The first-order valence-corrected chi connectivity index (χ1v) is 9.24. The Morgan fingerprint density at radius 2 is 1.62 bits per heavy atom. The van der Waals surface area contributed by atoms with Crippen LogP contribution in [0, 0.1) is 5.41 Å². The third-order valence-corrected chi connectivity index (χ3v) is 6.66. The Morgan fingerprint density at radius 3 is 2.24 bits per heavy atom. The summed E-state index contributed by atoms with van der Waals surface area (Å²) < 4.78 is 0. The largest absolute Gasteiger partial charge is 0.329 e. The van der Waals surface area contributed by atoms with E-state index < -0.39 is 0 Å². The molecule has 2 heterocycles. The highest BCUT2D eigenvalue weighted by Gasteiger charge is 2.44. The Kier molecular flexibility index (Phi) is 4.63. The summed E-state index contributed by atoms with van der Waals surface area (Å²) in [5.74, 6) is 0. The number of nitrogens with two attached hydrogens (primary N) is 1. The van der Waals surface area contributed by atoms with Gasteiger partial charge in [-0.25, -0.2) is 0 Å². The van der Waals surface area contributed by atoms with Crippen molar-refractivity contribution in [3.63, 3.8) is 0 Å². The van der Waals surface area contributed by atoms with Gasteiger partial charge in [-0.2, -0.15) is 0 Å². The molecule has 0 radical (unpaired) electrons. The van der Waals surface area contributed by atoms with Crippen LogP contribution in [0.1, 0.15) is 65.2 Å². The van der Waals surface area contributed by atoms with E-state index in [0.29, 0.717) is 11.0 Å². The van der Waals surface area contributed by atoms with Crippen LogP contribution >= 0.6 is 0 Å². The molecule has 2 saturated heterocycles. The Labute approximate surface area is 131 Å². The molecular weight excluding hydrogens is 258 g/mol. The van der Waals surface area contributed by atoms with Gasteiger partial charge >= 0.3 is 0 Å². The highest BCUT2D eigenvalue weighted by Crippen LogP contribution is 2.43. The van der Waals surface area contributed by atoms with Gasteiger partial charge in [0.15, 0.2) is 0 Å². The summed E-state index contributed by atoms with van der Waals surface area (Å²) >= 11 is 0. The molecule has 122 valence electrons. The van der Waals surface area contributed by atoms with E-state index in [1.807, 2.05) is 0 Å². The number of hydrogen-bond acceptors (Lipinski definition) is 3. The van der Waals surface area contributed by atoms with Crippen LogP contribution < -0.4 is 5.73 Å². The molecule has 3 fully saturated rings. The highest BCUT2D eigenvalue weighted by molar-refractivity contribution is 5.01. The van der Waals surface area contributed by atoms with Crippen LogP contribution in [0.5, 0.6) is 0 Å². The minimum Gasteiger partial charge on any atom is -0.329 e. The smallest absolute Gasteiger partial charge is 0.0332 e. The van der Waals surface area contributed by atoms with Crippen molar-refractivity contribution in [1.82, 2.24) is 9.80 Å². The van der Waals surface area contributed by atoms with Gasteiger partial charge in [-0.1, -0.05) is 20.3 Å². The van der Waals surface area contributed by atoms with E-state index in [1.54, 1.807) is 0 Å². The molecule has 0 amide bonds. The number of hydrogen-bond donors (Lipinski definition) is 1. The maximum absolute atomic E-state index is 6.28. The molecule has 1 atom stereocenters. The molecule has 0 spiro atoms. The van der Waals surface area contributed by atoms with E-state index in [4.69, 9.17) is 5.73 Å². The normalized spacial score (nSPS) is 34.1. The lowest BCUT2D eigenvalue weighted by Crippen LogP contribution is -2.56. The molecule has 0 aromatic heterocycles. The van der Waals surface area contributed by atoms with Gasteiger partial charge < -0.3 is 5.73 Å². The fraction of sp³-hybridized carbons (Fsp3) is 1.00. The minimum absolute atomic E-state index is 0.320. The van der Waals surface area contributed by atoms with Crippen LogP contribution in [0.3, 0.4) is 0 Å². The van der Waals surface area contributed by atoms with Crippen LogP contribution in [0.15, 0.2) is 0 Å². The zero-order valence-corrected chi connectivity index (χ0v) is 14.2. The minimum atomic E-state index is 0.320. The first kappa shape index (κ1) is 15.8. The molecule has 1 unspecified atom stereocenters. The summed E-state index contributed by atoms with van der Waals surface area (Å²) in [6, 6.07) is 0.809. The van der Waals surface area contributed by atoms with Crippen molar-refractivity contribution in [1.29, 1.82) is 0 Å². The molecule has 0 bridgehead atoms. The van der Waals surface area contributed by atoms with E-state index in [0.717, 1.165) is 12.6 Å². The SMILES string of the molecule is CC1(C)CCC(CN)(N2CCC(N3CCCCC3)C2)CC1. The highest BCUT2D eigenvalue weighted by atomic mass is 15.3. The van der Waals surface area contributed by atoms with Crippen molar-refractivity contribution in [2.75, 3.05) is 32.7 Å². The molecule has 0 aromatic rings. The van der Waals surface area contributed by atoms with Crippen molar-refractivity contribution in [3.05, 3.63) is 0 Å². The van der Waals surface area contributed by atoms with Gasteiger partial charge in [0.25, 0.3) is 0 Å². The van der Waals surface area contributed by atoms with Gasteiger partial charge in [0.1, 0.15) is 0 Å². The third-order valence-electron chi connectivity index (χ3n) is 6.66. The van der Waals surface area contributed by atoms with Crippen molar-refractivity contribution >= 4 is 0 Å². The van der Waals surface area contributed by atoms with Crippen molar-refractivity contribution in [2.45, 2.75) is 76.8 Å². The number of rotatable bonds is 3. The first-order chi connectivity index (χ1) is 10.0. The summed E-state index contributed by atoms with van der Waals surface area (Å²) in [5.41, 5.74) is 7.13.